The number of aliphatic hydroxyl groups excluding tert-OH is 2. The van der Waals surface area contributed by atoms with Crippen LogP contribution in [0.2, 0.25) is 0 Å². The number of fused-ring (bicyclic) bond motifs is 1. The highest BCUT2D eigenvalue weighted by Crippen LogP contribution is 2.39. The second-order valence-electron chi connectivity index (χ2n) is 5.75. The molecule has 3 heterocycles. The molecule has 3 rings (SSSR count). The van der Waals surface area contributed by atoms with Crippen molar-refractivity contribution in [3.05, 3.63) is 22.1 Å². The van der Waals surface area contributed by atoms with Crippen LogP contribution < -0.4 is 11.3 Å². The number of nitrogens with one attached hydrogen (secondary N) is 1. The van der Waals surface area contributed by atoms with Gasteiger partial charge in [-0.15, -0.1) is 0 Å². The molecule has 0 aromatic carbocycles. The van der Waals surface area contributed by atoms with Gasteiger partial charge in [-0.25, -0.2) is 0 Å². The molecule has 4 atom stereocenters. The quantitative estimate of drug-likeness (QED) is 0.459. The van der Waals surface area contributed by atoms with Gasteiger partial charge in [0.05, 0.1) is 12.0 Å². The first-order valence-electron chi connectivity index (χ1n) is 6.81. The van der Waals surface area contributed by atoms with Crippen molar-refractivity contribution in [2.75, 3.05) is 12.3 Å². The van der Waals surface area contributed by atoms with Gasteiger partial charge in [0.2, 0.25) is 5.95 Å². The zero-order valence-corrected chi connectivity index (χ0v) is 12.1. The van der Waals surface area contributed by atoms with E-state index >= 15 is 0 Å². The average molecular weight is 310 g/mol. The van der Waals surface area contributed by atoms with Crippen molar-refractivity contribution in [1.29, 1.82) is 0 Å². The number of H-pyrrole nitrogens is 1. The highest BCUT2D eigenvalue weighted by molar-refractivity contribution is 5.80. The fourth-order valence-electron chi connectivity index (χ4n) is 2.92. The third-order valence-corrected chi connectivity index (χ3v) is 4.08. The topological polar surface area (TPSA) is 147 Å². The first-order chi connectivity index (χ1) is 10.3. The second kappa shape index (κ2) is 4.78. The highest BCUT2D eigenvalue weighted by atomic mass is 16.6. The van der Waals surface area contributed by atoms with Gasteiger partial charge in [-0.3, -0.25) is 9.78 Å². The van der Waals surface area contributed by atoms with Crippen LogP contribution in [0.1, 0.15) is 18.7 Å². The molecule has 9 heteroatoms. The van der Waals surface area contributed by atoms with Crippen molar-refractivity contribution in [3.63, 3.8) is 0 Å². The lowest BCUT2D eigenvalue weighted by molar-refractivity contribution is -0.0948. The number of aromatic nitrogens is 3. The summed E-state index contributed by atoms with van der Waals surface area (Å²) in [6.07, 6.45) is -1.63. The predicted octanol–water partition coefficient (Wildman–Crippen LogP) is -1.38. The Labute approximate surface area is 125 Å². The van der Waals surface area contributed by atoms with E-state index in [9.17, 15) is 20.1 Å². The largest absolute Gasteiger partial charge is 0.394 e. The Balaban J connectivity index is 2.21. The summed E-state index contributed by atoms with van der Waals surface area (Å²) in [5.74, 6) is -0.0613. The minimum Gasteiger partial charge on any atom is -0.394 e. The molecule has 0 bridgehead atoms. The fraction of sp³-hybridized carbons (Fsp3) is 0.538. The summed E-state index contributed by atoms with van der Waals surface area (Å²) in [4.78, 5) is 18.5. The average Bonchev–Trinajstić information content (AvgIpc) is 2.86. The van der Waals surface area contributed by atoms with E-state index in [0.29, 0.717) is 10.9 Å². The van der Waals surface area contributed by atoms with Crippen molar-refractivity contribution in [3.8, 4) is 0 Å². The van der Waals surface area contributed by atoms with Crippen LogP contribution in [0.15, 0.2) is 11.0 Å². The zero-order chi connectivity index (χ0) is 16.2. The lowest BCUT2D eigenvalue weighted by atomic mass is 9.96. The number of aliphatic hydroxyl groups is 3. The second-order valence-corrected chi connectivity index (χ2v) is 5.75. The molecule has 2 aromatic rings. The normalized spacial score (nSPS) is 32.0. The number of nitrogens with two attached hydrogens (primary N) is 1. The van der Waals surface area contributed by atoms with E-state index in [1.807, 2.05) is 0 Å². The van der Waals surface area contributed by atoms with Gasteiger partial charge in [0.15, 0.2) is 11.9 Å². The maximum absolute atomic E-state index is 12.0. The van der Waals surface area contributed by atoms with E-state index in [2.05, 4.69) is 9.97 Å². The number of nitrogens with zero attached hydrogens (tertiary/aromatic N) is 2. The van der Waals surface area contributed by atoms with E-state index < -0.39 is 36.2 Å². The summed E-state index contributed by atoms with van der Waals surface area (Å²) in [7, 11) is 0. The summed E-state index contributed by atoms with van der Waals surface area (Å²) in [6.45, 7) is 2.67. The molecule has 0 amide bonds. The van der Waals surface area contributed by atoms with E-state index in [1.54, 1.807) is 13.1 Å². The number of hydrogen-bond acceptors (Lipinski definition) is 7. The van der Waals surface area contributed by atoms with Crippen molar-refractivity contribution in [2.45, 2.75) is 37.9 Å². The van der Waals surface area contributed by atoms with E-state index in [-0.39, 0.29) is 11.6 Å². The molecule has 0 spiro atoms. The SMILES string of the molecule is Cc1cn([C@@H]2O[C@H](CO)C(O)[C@]2(C)O)c2nc(N)[nH]c(=O)c12. The smallest absolute Gasteiger partial charge is 0.262 e. The maximum atomic E-state index is 12.0. The molecule has 1 fully saturated rings. The summed E-state index contributed by atoms with van der Waals surface area (Å²) in [5.41, 5.74) is 4.40. The Bertz CT molecular complexity index is 781. The number of aryl methyl sites for hydroxylation is 1. The van der Waals surface area contributed by atoms with Crippen LogP contribution in [-0.2, 0) is 4.74 Å². The van der Waals surface area contributed by atoms with Gasteiger partial charge in [-0.1, -0.05) is 0 Å². The van der Waals surface area contributed by atoms with Gasteiger partial charge in [0.25, 0.3) is 5.56 Å². The van der Waals surface area contributed by atoms with Gasteiger partial charge in [-0.2, -0.15) is 4.98 Å². The van der Waals surface area contributed by atoms with Gasteiger partial charge in [0, 0.05) is 6.20 Å². The molecule has 1 saturated heterocycles. The zero-order valence-electron chi connectivity index (χ0n) is 12.1. The van der Waals surface area contributed by atoms with Crippen LogP contribution in [0.4, 0.5) is 5.95 Å². The maximum Gasteiger partial charge on any atom is 0.262 e. The van der Waals surface area contributed by atoms with Crippen LogP contribution in [-0.4, -0.2) is 54.3 Å². The number of nitrogen functional groups attached to an aromatic ring is 1. The van der Waals surface area contributed by atoms with Gasteiger partial charge in [0.1, 0.15) is 17.8 Å². The summed E-state index contributed by atoms with van der Waals surface area (Å²) >= 11 is 0. The molecule has 9 nitrogen and oxygen atoms in total. The fourth-order valence-corrected chi connectivity index (χ4v) is 2.92. The summed E-state index contributed by atoms with van der Waals surface area (Å²) in [6, 6.07) is 0. The Morgan fingerprint density at radius 2 is 2.27 bits per heavy atom. The molecule has 0 saturated carbocycles. The lowest BCUT2D eigenvalue weighted by Crippen LogP contribution is -2.44. The molecule has 0 radical (unpaired) electrons. The molecule has 22 heavy (non-hydrogen) atoms. The minimum atomic E-state index is -1.66. The molecule has 1 unspecified atom stereocenters. The number of anilines is 1. The van der Waals surface area contributed by atoms with Gasteiger partial charge < -0.3 is 30.4 Å². The summed E-state index contributed by atoms with van der Waals surface area (Å²) in [5, 5.41) is 30.2. The predicted molar refractivity (Wildman–Crippen MR) is 77.1 cm³/mol. The third kappa shape index (κ3) is 1.94. The van der Waals surface area contributed by atoms with Crippen LogP contribution in [0.25, 0.3) is 11.0 Å². The van der Waals surface area contributed by atoms with Crippen LogP contribution in [0.3, 0.4) is 0 Å². The molecule has 120 valence electrons. The number of ether oxygens (including phenoxy) is 1. The highest BCUT2D eigenvalue weighted by Gasteiger charge is 2.53. The lowest BCUT2D eigenvalue weighted by Gasteiger charge is -2.27. The first kappa shape index (κ1) is 15.0. The Morgan fingerprint density at radius 3 is 2.86 bits per heavy atom. The third-order valence-electron chi connectivity index (χ3n) is 4.08. The Morgan fingerprint density at radius 1 is 1.59 bits per heavy atom. The van der Waals surface area contributed by atoms with E-state index in [4.69, 9.17) is 10.5 Å². The van der Waals surface area contributed by atoms with Crippen LogP contribution in [0, 0.1) is 6.92 Å². The standard InChI is InChI=1S/C13H18N4O5/c1-5-3-17(9-7(5)10(20)16-12(14)15-9)11-13(2,21)8(19)6(4-18)22-11/h3,6,8,11,18-19,21H,4H2,1-2H3,(H3,14,15,16,20)/t6-,8?,11-,13+/m1/s1. The number of rotatable bonds is 2. The monoisotopic (exact) mass is 310 g/mol. The van der Waals surface area contributed by atoms with Crippen LogP contribution in [0.5, 0.6) is 0 Å². The van der Waals surface area contributed by atoms with Crippen molar-refractivity contribution in [1.82, 2.24) is 14.5 Å². The van der Waals surface area contributed by atoms with Crippen molar-refractivity contribution < 1.29 is 20.1 Å². The minimum absolute atomic E-state index is 0.0613. The van der Waals surface area contributed by atoms with E-state index in [1.165, 1.54) is 11.5 Å². The number of aromatic amines is 1. The van der Waals surface area contributed by atoms with Crippen molar-refractivity contribution >= 4 is 17.0 Å². The molecule has 2 aromatic heterocycles. The molecular weight excluding hydrogens is 292 g/mol. The molecule has 1 aliphatic rings. The van der Waals surface area contributed by atoms with E-state index in [0.717, 1.165) is 0 Å². The van der Waals surface area contributed by atoms with Gasteiger partial charge in [-0.05, 0) is 19.4 Å². The first-order valence-corrected chi connectivity index (χ1v) is 6.81. The Hall–Kier alpha value is -1.94. The molecule has 1 aliphatic heterocycles. The van der Waals surface area contributed by atoms with Gasteiger partial charge >= 0.3 is 0 Å². The Kier molecular flexibility index (Phi) is 3.25. The summed E-state index contributed by atoms with van der Waals surface area (Å²) < 4.78 is 7.00. The number of hydrogen-bond donors (Lipinski definition) is 5. The molecule has 0 aliphatic carbocycles. The van der Waals surface area contributed by atoms with Crippen molar-refractivity contribution in [2.24, 2.45) is 0 Å². The van der Waals surface area contributed by atoms with Crippen LogP contribution >= 0.6 is 0 Å². The molecule has 6 N–H and O–H groups in total. The molecular formula is C13H18N4O5.